The molecule has 1 unspecified atom stereocenters. The molecule has 0 bridgehead atoms. The fourth-order valence-corrected chi connectivity index (χ4v) is 0.129. The Bertz CT molecular complexity index is 27.7. The van der Waals surface area contributed by atoms with Gasteiger partial charge >= 0.3 is 0 Å². The van der Waals surface area contributed by atoms with Crippen LogP contribution in [0.4, 0.5) is 0 Å². The van der Waals surface area contributed by atoms with E-state index < -0.39 is 0 Å². The van der Waals surface area contributed by atoms with Crippen LogP contribution in [0, 0.1) is 0 Å². The maximum atomic E-state index is 8.21. The predicted octanol–water partition coefficient (Wildman–Crippen LogP) is 0.742. The lowest BCUT2D eigenvalue weighted by atomic mass is 10.3. The molecule has 1 atom stereocenters. The maximum absolute atomic E-state index is 8.21. The van der Waals surface area contributed by atoms with Gasteiger partial charge in [0.25, 0.3) is 0 Å². The van der Waals surface area contributed by atoms with Crippen LogP contribution in [-0.4, -0.2) is 17.8 Å². The summed E-state index contributed by atoms with van der Waals surface area (Å²) in [4.78, 5) is 0. The fourth-order valence-electron chi connectivity index (χ4n) is 0.129. The van der Waals surface area contributed by atoms with Gasteiger partial charge in [0, 0.05) is 6.04 Å². The zero-order valence-corrected chi connectivity index (χ0v) is 6.02. The van der Waals surface area contributed by atoms with Crippen LogP contribution in [0.2, 0.25) is 0 Å². The third kappa shape index (κ3) is 9.33. The van der Waals surface area contributed by atoms with Gasteiger partial charge in [0.05, 0.1) is 6.61 Å². The van der Waals surface area contributed by atoms with Crippen LogP contribution >= 0.6 is 0 Å². The summed E-state index contributed by atoms with van der Waals surface area (Å²) in [7, 11) is 0. The molecule has 3 N–H and O–H groups in total. The molecule has 8 heavy (non-hydrogen) atoms. The van der Waals surface area contributed by atoms with Gasteiger partial charge in [0.1, 0.15) is 0 Å². The van der Waals surface area contributed by atoms with Crippen LogP contribution in [0.5, 0.6) is 0 Å². The first-order valence-corrected chi connectivity index (χ1v) is 3.17. The van der Waals surface area contributed by atoms with Gasteiger partial charge in [-0.2, -0.15) is 0 Å². The number of hydrogen-bond acceptors (Lipinski definition) is 2. The van der Waals surface area contributed by atoms with E-state index in [4.69, 9.17) is 10.8 Å². The van der Waals surface area contributed by atoms with Crippen molar-refractivity contribution in [2.75, 3.05) is 6.61 Å². The van der Waals surface area contributed by atoms with Crippen molar-refractivity contribution < 1.29 is 5.11 Å². The zero-order chi connectivity index (χ0) is 6.99. The predicted molar refractivity (Wildman–Crippen MR) is 36.7 cm³/mol. The molecule has 0 aromatic heterocycles. The van der Waals surface area contributed by atoms with E-state index >= 15 is 0 Å². The molecule has 2 heteroatoms. The van der Waals surface area contributed by atoms with Crippen LogP contribution in [0.15, 0.2) is 0 Å². The van der Waals surface area contributed by atoms with Gasteiger partial charge in [-0.1, -0.05) is 20.8 Å². The smallest absolute Gasteiger partial charge is 0.0582 e. The number of aliphatic hydroxyl groups excluding tert-OH is 1. The molecule has 0 rings (SSSR count). The van der Waals surface area contributed by atoms with Crippen LogP contribution in [-0.2, 0) is 0 Å². The van der Waals surface area contributed by atoms with E-state index in [1.54, 1.807) is 0 Å². The Morgan fingerprint density at radius 2 is 1.88 bits per heavy atom. The molecule has 2 nitrogen and oxygen atoms in total. The van der Waals surface area contributed by atoms with Crippen molar-refractivity contribution in [3.8, 4) is 0 Å². The Labute approximate surface area is 51.7 Å². The molecule has 0 radical (unpaired) electrons. The summed E-state index contributed by atoms with van der Waals surface area (Å²) in [5, 5.41) is 8.21. The van der Waals surface area contributed by atoms with Crippen LogP contribution in [0.25, 0.3) is 0 Å². The summed E-state index contributed by atoms with van der Waals surface area (Å²) < 4.78 is 0. The molecule has 0 aromatic carbocycles. The van der Waals surface area contributed by atoms with Crippen molar-refractivity contribution in [2.45, 2.75) is 33.2 Å². The number of aliphatic hydroxyl groups is 1. The van der Waals surface area contributed by atoms with Crippen molar-refractivity contribution >= 4 is 0 Å². The Kier molecular flexibility index (Phi) is 13.6. The third-order valence-corrected chi connectivity index (χ3v) is 0.759. The highest BCUT2D eigenvalue weighted by Gasteiger charge is 1.90. The largest absolute Gasteiger partial charge is 0.395 e. The van der Waals surface area contributed by atoms with Crippen molar-refractivity contribution in [2.24, 2.45) is 5.73 Å². The monoisotopic (exact) mass is 119 g/mol. The van der Waals surface area contributed by atoms with E-state index in [0.717, 1.165) is 6.42 Å². The molecule has 0 aliphatic rings. The van der Waals surface area contributed by atoms with E-state index in [-0.39, 0.29) is 12.6 Å². The average molecular weight is 119 g/mol. The summed E-state index contributed by atoms with van der Waals surface area (Å²) in [5.41, 5.74) is 5.22. The van der Waals surface area contributed by atoms with Gasteiger partial charge in [-0.25, -0.2) is 0 Å². The Morgan fingerprint density at radius 3 is 1.88 bits per heavy atom. The maximum Gasteiger partial charge on any atom is 0.0582 e. The molecule has 0 amide bonds. The molecule has 0 spiro atoms. The molecule has 0 aliphatic carbocycles. The zero-order valence-electron chi connectivity index (χ0n) is 6.02. The van der Waals surface area contributed by atoms with Gasteiger partial charge < -0.3 is 10.8 Å². The third-order valence-electron chi connectivity index (χ3n) is 0.759. The quantitative estimate of drug-likeness (QED) is 0.563. The first-order valence-electron chi connectivity index (χ1n) is 3.17. The van der Waals surface area contributed by atoms with Gasteiger partial charge in [-0.3, -0.25) is 0 Å². The van der Waals surface area contributed by atoms with Gasteiger partial charge in [0.2, 0.25) is 0 Å². The minimum absolute atomic E-state index is 0.00926. The lowest BCUT2D eigenvalue weighted by Crippen LogP contribution is -2.22. The molecule has 0 saturated carbocycles. The lowest BCUT2D eigenvalue weighted by molar-refractivity contribution is 0.263. The minimum Gasteiger partial charge on any atom is -0.395 e. The summed E-state index contributed by atoms with van der Waals surface area (Å²) in [5.74, 6) is 0. The van der Waals surface area contributed by atoms with Crippen LogP contribution < -0.4 is 5.73 Å². The lowest BCUT2D eigenvalue weighted by Gasteiger charge is -1.98. The second kappa shape index (κ2) is 10.0. The fraction of sp³-hybridized carbons (Fsp3) is 1.00. The first kappa shape index (κ1) is 10.8. The first-order chi connectivity index (χ1) is 3.81. The van der Waals surface area contributed by atoms with Gasteiger partial charge in [-0.15, -0.1) is 0 Å². The summed E-state index contributed by atoms with van der Waals surface area (Å²) >= 11 is 0. The standard InChI is InChI=1S/C4H11NO.C2H6/c1-2-4(5)3-6;1-2/h4,6H,2-3,5H2,1H3;1-2H3. The number of nitrogens with two attached hydrogens (primary N) is 1. The van der Waals surface area contributed by atoms with E-state index in [0.29, 0.717) is 0 Å². The van der Waals surface area contributed by atoms with Gasteiger partial charge in [0.15, 0.2) is 0 Å². The Morgan fingerprint density at radius 1 is 1.50 bits per heavy atom. The molecule has 52 valence electrons. The van der Waals surface area contributed by atoms with Crippen molar-refractivity contribution in [1.29, 1.82) is 0 Å². The second-order valence-corrected chi connectivity index (χ2v) is 1.35. The highest BCUT2D eigenvalue weighted by Crippen LogP contribution is 1.79. The SMILES string of the molecule is CC.CCC(N)CO. The van der Waals surface area contributed by atoms with Gasteiger partial charge in [-0.05, 0) is 6.42 Å². The molecule has 0 saturated heterocycles. The summed E-state index contributed by atoms with van der Waals surface area (Å²) in [6.07, 6.45) is 0.858. The van der Waals surface area contributed by atoms with E-state index in [2.05, 4.69) is 0 Å². The van der Waals surface area contributed by atoms with E-state index in [9.17, 15) is 0 Å². The molecular weight excluding hydrogens is 102 g/mol. The minimum atomic E-state index is -0.00926. The number of rotatable bonds is 2. The normalized spacial score (nSPS) is 11.6. The molecular formula is C6H17NO. The van der Waals surface area contributed by atoms with E-state index in [1.165, 1.54) is 0 Å². The molecule has 0 aliphatic heterocycles. The number of hydrogen-bond donors (Lipinski definition) is 2. The molecule has 0 aromatic rings. The highest BCUT2D eigenvalue weighted by atomic mass is 16.3. The van der Waals surface area contributed by atoms with E-state index in [1.807, 2.05) is 20.8 Å². The topological polar surface area (TPSA) is 46.2 Å². The van der Waals surface area contributed by atoms with Crippen molar-refractivity contribution in [3.05, 3.63) is 0 Å². The molecule has 0 heterocycles. The van der Waals surface area contributed by atoms with Crippen molar-refractivity contribution in [1.82, 2.24) is 0 Å². The van der Waals surface area contributed by atoms with Crippen LogP contribution in [0.3, 0.4) is 0 Å². The Hall–Kier alpha value is -0.0800. The van der Waals surface area contributed by atoms with Crippen LogP contribution in [0.1, 0.15) is 27.2 Å². The van der Waals surface area contributed by atoms with Crippen molar-refractivity contribution in [3.63, 3.8) is 0 Å². The average Bonchev–Trinajstić information content (AvgIpc) is 1.91. The molecule has 0 fully saturated rings. The summed E-state index contributed by atoms with van der Waals surface area (Å²) in [6, 6.07) is -0.00926. The summed E-state index contributed by atoms with van der Waals surface area (Å²) in [6.45, 7) is 6.05. The highest BCUT2D eigenvalue weighted by molar-refractivity contribution is 4.51. The Balaban J connectivity index is 0. The second-order valence-electron chi connectivity index (χ2n) is 1.35.